The minimum atomic E-state index is -0.383. The maximum Gasteiger partial charge on any atom is 0.326 e. The fraction of sp³-hybridized carbons (Fsp3) is 0.235. The highest BCUT2D eigenvalue weighted by molar-refractivity contribution is 7.16. The van der Waals surface area contributed by atoms with E-state index in [1.54, 1.807) is 29.7 Å². The molecule has 1 amide bonds. The first-order chi connectivity index (χ1) is 12.0. The Bertz CT molecular complexity index is 1000. The van der Waals surface area contributed by atoms with Gasteiger partial charge in [-0.25, -0.2) is 0 Å². The molecule has 1 aromatic carbocycles. The van der Waals surface area contributed by atoms with E-state index in [4.69, 9.17) is 16.3 Å². The minimum Gasteiger partial charge on any atom is -0.465 e. The number of hydrogen-bond donors (Lipinski definition) is 0. The fourth-order valence-electron chi connectivity index (χ4n) is 2.43. The molecule has 0 unspecified atom stereocenters. The number of benzene rings is 1. The van der Waals surface area contributed by atoms with Crippen molar-refractivity contribution in [1.29, 1.82) is 0 Å². The first kappa shape index (κ1) is 17.8. The van der Waals surface area contributed by atoms with Gasteiger partial charge in [0.25, 0.3) is 5.91 Å². The molecule has 0 atom stereocenters. The monoisotopic (exact) mass is 394 g/mol. The number of thiophene rings is 1. The maximum atomic E-state index is 12.4. The zero-order chi connectivity index (χ0) is 18.0. The number of amides is 1. The van der Waals surface area contributed by atoms with Crippen molar-refractivity contribution in [3.8, 4) is 0 Å². The van der Waals surface area contributed by atoms with Gasteiger partial charge < -0.3 is 9.30 Å². The highest BCUT2D eigenvalue weighted by Gasteiger charge is 2.16. The molecule has 0 aliphatic rings. The van der Waals surface area contributed by atoms with Gasteiger partial charge in [0.1, 0.15) is 6.54 Å². The van der Waals surface area contributed by atoms with Gasteiger partial charge in [0, 0.05) is 5.02 Å². The molecule has 0 spiro atoms. The second kappa shape index (κ2) is 7.51. The number of aromatic nitrogens is 1. The first-order valence-electron chi connectivity index (χ1n) is 7.58. The Hall–Kier alpha value is -1.96. The molecular formula is C17H15ClN2O3S2. The van der Waals surface area contributed by atoms with E-state index in [1.807, 2.05) is 18.4 Å². The number of aryl methyl sites for hydroxylation is 1. The average molecular weight is 395 g/mol. The Kier molecular flexibility index (Phi) is 5.36. The summed E-state index contributed by atoms with van der Waals surface area (Å²) in [6, 6.07) is 7.19. The lowest BCUT2D eigenvalue weighted by Crippen LogP contribution is -2.23. The van der Waals surface area contributed by atoms with Crippen LogP contribution in [0.25, 0.3) is 10.2 Å². The molecule has 0 fully saturated rings. The Morgan fingerprint density at radius 3 is 2.80 bits per heavy atom. The highest BCUT2D eigenvalue weighted by Crippen LogP contribution is 2.27. The van der Waals surface area contributed by atoms with Gasteiger partial charge in [-0.15, -0.1) is 11.3 Å². The van der Waals surface area contributed by atoms with Gasteiger partial charge >= 0.3 is 5.97 Å². The summed E-state index contributed by atoms with van der Waals surface area (Å²) in [5.41, 5.74) is 1.63. The number of hydrogen-bond acceptors (Lipinski definition) is 5. The van der Waals surface area contributed by atoms with Crippen LogP contribution in [0.15, 0.2) is 34.6 Å². The number of halogens is 1. The number of nitrogens with zero attached hydrogens (tertiary/aromatic N) is 2. The number of esters is 1. The number of rotatable bonds is 4. The van der Waals surface area contributed by atoms with Gasteiger partial charge in [-0.05, 0) is 43.0 Å². The second-order valence-corrected chi connectivity index (χ2v) is 7.55. The molecule has 0 radical (unpaired) electrons. The van der Waals surface area contributed by atoms with Crippen molar-refractivity contribution in [2.45, 2.75) is 20.4 Å². The molecule has 5 nitrogen and oxygen atoms in total. The van der Waals surface area contributed by atoms with Crippen molar-refractivity contribution in [3.63, 3.8) is 0 Å². The Morgan fingerprint density at radius 2 is 2.12 bits per heavy atom. The summed E-state index contributed by atoms with van der Waals surface area (Å²) in [5, 5.41) is 2.42. The van der Waals surface area contributed by atoms with Gasteiger partial charge in [0.15, 0.2) is 4.80 Å². The lowest BCUT2D eigenvalue weighted by Gasteiger charge is -2.07. The molecular weight excluding hydrogens is 380 g/mol. The molecule has 0 aliphatic heterocycles. The molecule has 0 aliphatic carbocycles. The predicted octanol–water partition coefficient (Wildman–Crippen LogP) is 4.03. The van der Waals surface area contributed by atoms with Crippen molar-refractivity contribution in [2.24, 2.45) is 4.99 Å². The summed E-state index contributed by atoms with van der Waals surface area (Å²) in [7, 11) is 0. The molecule has 0 N–H and O–H groups in total. The number of carbonyl (C=O) groups is 2. The summed E-state index contributed by atoms with van der Waals surface area (Å²) in [5.74, 6) is -0.713. The summed E-state index contributed by atoms with van der Waals surface area (Å²) < 4.78 is 7.66. The summed E-state index contributed by atoms with van der Waals surface area (Å²) in [6.07, 6.45) is 0. The normalized spacial score (nSPS) is 11.9. The number of fused-ring (bicyclic) bond motifs is 1. The molecule has 130 valence electrons. The van der Waals surface area contributed by atoms with E-state index in [2.05, 4.69) is 4.99 Å². The molecule has 2 heterocycles. The van der Waals surface area contributed by atoms with Crippen LogP contribution in [0.2, 0.25) is 5.02 Å². The Morgan fingerprint density at radius 1 is 1.32 bits per heavy atom. The van der Waals surface area contributed by atoms with E-state index >= 15 is 0 Å². The van der Waals surface area contributed by atoms with Crippen LogP contribution in [0.4, 0.5) is 0 Å². The summed E-state index contributed by atoms with van der Waals surface area (Å²) in [4.78, 5) is 29.6. The van der Waals surface area contributed by atoms with E-state index in [-0.39, 0.29) is 18.4 Å². The van der Waals surface area contributed by atoms with Crippen LogP contribution in [0.3, 0.4) is 0 Å². The van der Waals surface area contributed by atoms with Crippen LogP contribution < -0.4 is 4.80 Å². The lowest BCUT2D eigenvalue weighted by molar-refractivity contribution is -0.143. The number of ether oxygens (including phenoxy) is 1. The Balaban J connectivity index is 2.18. The minimum absolute atomic E-state index is 0.0222. The van der Waals surface area contributed by atoms with Crippen LogP contribution in [0.5, 0.6) is 0 Å². The highest BCUT2D eigenvalue weighted by atomic mass is 35.5. The SMILES string of the molecule is CCOC(=O)Cn1c(=NC(=O)c2cccs2)sc2ccc(Cl)c(C)c21. The van der Waals surface area contributed by atoms with Crippen molar-refractivity contribution >= 4 is 56.4 Å². The lowest BCUT2D eigenvalue weighted by atomic mass is 10.2. The zero-order valence-corrected chi connectivity index (χ0v) is 16.0. The van der Waals surface area contributed by atoms with Crippen molar-refractivity contribution in [2.75, 3.05) is 6.61 Å². The molecule has 2 aromatic heterocycles. The fourth-order valence-corrected chi connectivity index (χ4v) is 4.27. The van der Waals surface area contributed by atoms with Gasteiger partial charge in [-0.1, -0.05) is 29.0 Å². The van der Waals surface area contributed by atoms with Crippen molar-refractivity contribution < 1.29 is 14.3 Å². The third-order valence-corrected chi connectivity index (χ3v) is 5.86. The van der Waals surface area contributed by atoms with E-state index in [0.717, 1.165) is 15.8 Å². The predicted molar refractivity (Wildman–Crippen MR) is 100 cm³/mol. The quantitative estimate of drug-likeness (QED) is 0.627. The molecule has 3 aromatic rings. The van der Waals surface area contributed by atoms with Crippen LogP contribution in [-0.2, 0) is 16.1 Å². The van der Waals surface area contributed by atoms with Crippen LogP contribution in [0.1, 0.15) is 22.2 Å². The largest absolute Gasteiger partial charge is 0.465 e. The third kappa shape index (κ3) is 3.68. The van der Waals surface area contributed by atoms with Crippen LogP contribution >= 0.6 is 34.3 Å². The van der Waals surface area contributed by atoms with Crippen LogP contribution in [0, 0.1) is 6.92 Å². The second-order valence-electron chi connectivity index (χ2n) is 5.19. The van der Waals surface area contributed by atoms with E-state index < -0.39 is 0 Å². The maximum absolute atomic E-state index is 12.4. The van der Waals surface area contributed by atoms with Gasteiger partial charge in [0.2, 0.25) is 0 Å². The molecule has 8 heteroatoms. The Labute approximate surface area is 157 Å². The zero-order valence-electron chi connectivity index (χ0n) is 13.6. The number of thiazole rings is 1. The molecule has 25 heavy (non-hydrogen) atoms. The average Bonchev–Trinajstić information content (AvgIpc) is 3.21. The smallest absolute Gasteiger partial charge is 0.326 e. The third-order valence-electron chi connectivity index (χ3n) is 3.55. The van der Waals surface area contributed by atoms with Crippen LogP contribution in [-0.4, -0.2) is 23.1 Å². The molecule has 0 saturated heterocycles. The van der Waals surface area contributed by atoms with Gasteiger partial charge in [0.05, 0.1) is 21.7 Å². The topological polar surface area (TPSA) is 60.7 Å². The first-order valence-corrected chi connectivity index (χ1v) is 9.65. The van der Waals surface area contributed by atoms with E-state index in [0.29, 0.717) is 21.3 Å². The molecule has 3 rings (SSSR count). The van der Waals surface area contributed by atoms with Crippen molar-refractivity contribution in [1.82, 2.24) is 4.57 Å². The molecule has 0 saturated carbocycles. The van der Waals surface area contributed by atoms with E-state index in [1.165, 1.54) is 22.7 Å². The standard InChI is InChI=1S/C17H15ClN2O3S2/c1-3-23-14(21)9-20-15-10(2)11(18)6-7-12(15)25-17(20)19-16(22)13-5-4-8-24-13/h4-8H,3,9H2,1-2H3. The molecule has 0 bridgehead atoms. The van der Waals surface area contributed by atoms with E-state index in [9.17, 15) is 9.59 Å². The number of carbonyl (C=O) groups excluding carboxylic acids is 2. The van der Waals surface area contributed by atoms with Gasteiger partial charge in [-0.2, -0.15) is 4.99 Å². The summed E-state index contributed by atoms with van der Waals surface area (Å²) >= 11 is 8.91. The van der Waals surface area contributed by atoms with Gasteiger partial charge in [-0.3, -0.25) is 9.59 Å². The summed E-state index contributed by atoms with van der Waals surface area (Å²) in [6.45, 7) is 3.90. The van der Waals surface area contributed by atoms with Crippen molar-refractivity contribution in [3.05, 3.63) is 49.9 Å².